The van der Waals surface area contributed by atoms with Crippen LogP contribution in [0.4, 0.5) is 0 Å². The third-order valence-electron chi connectivity index (χ3n) is 7.38. The Balaban J connectivity index is 1.88. The predicted molar refractivity (Wildman–Crippen MR) is 159 cm³/mol. The highest BCUT2D eigenvalue weighted by atomic mass is 28.4. The number of benzene rings is 3. The van der Waals surface area contributed by atoms with Crippen molar-refractivity contribution in [2.75, 3.05) is 6.61 Å². The van der Waals surface area contributed by atoms with E-state index in [4.69, 9.17) is 18.6 Å². The summed E-state index contributed by atoms with van der Waals surface area (Å²) in [5.74, 6) is 0. The third kappa shape index (κ3) is 10.1. The van der Waals surface area contributed by atoms with E-state index in [-0.39, 0.29) is 11.5 Å². The first kappa shape index (κ1) is 30.9. The van der Waals surface area contributed by atoms with Crippen LogP contribution in [0.25, 0.3) is 0 Å². The Bertz CT molecular complexity index is 1080. The average molecular weight is 549 g/mol. The van der Waals surface area contributed by atoms with Crippen molar-refractivity contribution >= 4 is 14.6 Å². The summed E-state index contributed by atoms with van der Waals surface area (Å²) in [6.45, 7) is 12.6. The van der Waals surface area contributed by atoms with E-state index in [1.165, 1.54) is 0 Å². The Labute approximate surface area is 235 Å². The molecule has 0 fully saturated rings. The van der Waals surface area contributed by atoms with Crippen LogP contribution in [0.3, 0.4) is 0 Å². The van der Waals surface area contributed by atoms with Crippen LogP contribution in [0.2, 0.25) is 18.1 Å². The highest BCUT2D eigenvalue weighted by Crippen LogP contribution is 2.37. The second-order valence-electron chi connectivity index (χ2n) is 11.4. The van der Waals surface area contributed by atoms with E-state index >= 15 is 0 Å². The molecule has 0 aliphatic rings. The third-order valence-corrected chi connectivity index (χ3v) is 11.9. The van der Waals surface area contributed by atoms with E-state index in [0.29, 0.717) is 26.4 Å². The van der Waals surface area contributed by atoms with Gasteiger partial charge in [0.1, 0.15) is 18.5 Å². The maximum atomic E-state index is 11.9. The average Bonchev–Trinajstić information content (AvgIpc) is 2.93. The number of hydrogen-bond acceptors (Lipinski definition) is 5. The Morgan fingerprint density at radius 2 is 1.08 bits per heavy atom. The highest BCUT2D eigenvalue weighted by molar-refractivity contribution is 6.74. The molecule has 3 aromatic carbocycles. The summed E-state index contributed by atoms with van der Waals surface area (Å²) in [6, 6.07) is 30.1. The molecule has 0 radical (unpaired) electrons. The Morgan fingerprint density at radius 1 is 0.667 bits per heavy atom. The van der Waals surface area contributed by atoms with Gasteiger partial charge >= 0.3 is 0 Å². The lowest BCUT2D eigenvalue weighted by atomic mass is 10.0. The molecule has 0 saturated carbocycles. The van der Waals surface area contributed by atoms with Gasteiger partial charge in [0.05, 0.1) is 32.5 Å². The summed E-state index contributed by atoms with van der Waals surface area (Å²) in [6.07, 6.45) is -0.374. The van der Waals surface area contributed by atoms with Crippen molar-refractivity contribution in [2.24, 2.45) is 0 Å². The van der Waals surface area contributed by atoms with Gasteiger partial charge in [-0.25, -0.2) is 0 Å². The minimum atomic E-state index is -2.08. The summed E-state index contributed by atoms with van der Waals surface area (Å²) in [4.78, 5) is 11.9. The first-order valence-electron chi connectivity index (χ1n) is 13.7. The fourth-order valence-electron chi connectivity index (χ4n) is 3.91. The largest absolute Gasteiger partial charge is 0.414 e. The number of carbonyl (C=O) groups is 1. The van der Waals surface area contributed by atoms with Crippen molar-refractivity contribution in [3.8, 4) is 0 Å². The maximum Gasteiger partial charge on any atom is 0.192 e. The van der Waals surface area contributed by atoms with Gasteiger partial charge in [-0.2, -0.15) is 0 Å². The summed E-state index contributed by atoms with van der Waals surface area (Å²) < 4.78 is 26.1. The molecule has 0 bridgehead atoms. The van der Waals surface area contributed by atoms with E-state index in [9.17, 15) is 4.79 Å². The summed E-state index contributed by atoms with van der Waals surface area (Å²) >= 11 is 0. The summed E-state index contributed by atoms with van der Waals surface area (Å²) in [7, 11) is -2.08. The van der Waals surface area contributed by atoms with Crippen molar-refractivity contribution < 1.29 is 23.4 Å². The minimum absolute atomic E-state index is 0.0450. The topological polar surface area (TPSA) is 54.0 Å². The predicted octanol–water partition coefficient (Wildman–Crippen LogP) is 7.35. The molecule has 3 atom stereocenters. The molecule has 0 spiro atoms. The molecular weight excluding hydrogens is 504 g/mol. The van der Waals surface area contributed by atoms with Crippen LogP contribution in [0.1, 0.15) is 43.9 Å². The van der Waals surface area contributed by atoms with E-state index < -0.39 is 26.6 Å². The van der Waals surface area contributed by atoms with Gasteiger partial charge in [-0.15, -0.1) is 0 Å². The quantitative estimate of drug-likeness (QED) is 0.138. The number of rotatable bonds is 16. The number of hydrogen-bond donors (Lipinski definition) is 0. The summed E-state index contributed by atoms with van der Waals surface area (Å²) in [5, 5.41) is 0.0450. The molecule has 39 heavy (non-hydrogen) atoms. The van der Waals surface area contributed by atoms with Crippen molar-refractivity contribution in [2.45, 2.75) is 83.5 Å². The Kier molecular flexibility index (Phi) is 12.1. The smallest absolute Gasteiger partial charge is 0.192 e. The van der Waals surface area contributed by atoms with Crippen molar-refractivity contribution in [3.05, 3.63) is 108 Å². The normalized spacial score (nSPS) is 14.5. The number of aldehydes is 1. The zero-order chi connectivity index (χ0) is 28.1. The molecule has 0 unspecified atom stereocenters. The first-order valence-corrected chi connectivity index (χ1v) is 16.6. The van der Waals surface area contributed by atoms with Gasteiger partial charge in [0.2, 0.25) is 0 Å². The van der Waals surface area contributed by atoms with E-state index in [1.807, 2.05) is 91.0 Å². The van der Waals surface area contributed by atoms with Crippen LogP contribution < -0.4 is 0 Å². The molecule has 0 aromatic heterocycles. The van der Waals surface area contributed by atoms with Crippen LogP contribution in [0, 0.1) is 0 Å². The van der Waals surface area contributed by atoms with Gasteiger partial charge in [0.25, 0.3) is 0 Å². The zero-order valence-electron chi connectivity index (χ0n) is 24.0. The van der Waals surface area contributed by atoms with Gasteiger partial charge < -0.3 is 23.4 Å². The minimum Gasteiger partial charge on any atom is -0.414 e. The SMILES string of the molecule is CC(C)(C)[Si](C)(C)OC[C@@H](OCc1ccccc1)[C@H](OCc1ccccc1)[C@H](CC=O)OCc1ccccc1. The van der Waals surface area contributed by atoms with Gasteiger partial charge in [-0.05, 0) is 34.8 Å². The molecule has 3 aromatic rings. The van der Waals surface area contributed by atoms with E-state index in [2.05, 4.69) is 33.9 Å². The van der Waals surface area contributed by atoms with E-state index in [0.717, 1.165) is 23.0 Å². The number of ether oxygens (including phenoxy) is 3. The fourth-order valence-corrected chi connectivity index (χ4v) is 4.93. The zero-order valence-corrected chi connectivity index (χ0v) is 25.0. The van der Waals surface area contributed by atoms with Crippen LogP contribution in [-0.4, -0.2) is 39.5 Å². The fraction of sp³-hybridized carbons (Fsp3) is 0.424. The van der Waals surface area contributed by atoms with Crippen molar-refractivity contribution in [1.29, 1.82) is 0 Å². The summed E-state index contributed by atoms with van der Waals surface area (Å²) in [5.41, 5.74) is 3.14. The molecule has 0 amide bonds. The molecular formula is C33H44O5Si. The highest BCUT2D eigenvalue weighted by Gasteiger charge is 2.40. The van der Waals surface area contributed by atoms with Gasteiger partial charge in [0, 0.05) is 6.42 Å². The second-order valence-corrected chi connectivity index (χ2v) is 16.2. The molecule has 3 rings (SSSR count). The van der Waals surface area contributed by atoms with Crippen LogP contribution >= 0.6 is 0 Å². The molecule has 6 heteroatoms. The van der Waals surface area contributed by atoms with E-state index in [1.54, 1.807) is 0 Å². The molecule has 5 nitrogen and oxygen atoms in total. The lowest BCUT2D eigenvalue weighted by Crippen LogP contribution is -2.49. The Hall–Kier alpha value is -2.61. The van der Waals surface area contributed by atoms with Crippen molar-refractivity contribution in [1.82, 2.24) is 0 Å². The molecule has 210 valence electrons. The van der Waals surface area contributed by atoms with Gasteiger partial charge in [0.15, 0.2) is 8.32 Å². The molecule has 0 N–H and O–H groups in total. The van der Waals surface area contributed by atoms with Crippen molar-refractivity contribution in [3.63, 3.8) is 0 Å². The lowest BCUT2D eigenvalue weighted by molar-refractivity contribution is -0.162. The van der Waals surface area contributed by atoms with Crippen LogP contribution in [-0.2, 0) is 43.3 Å². The number of carbonyl (C=O) groups excluding carboxylic acids is 1. The van der Waals surface area contributed by atoms with Crippen LogP contribution in [0.5, 0.6) is 0 Å². The van der Waals surface area contributed by atoms with Gasteiger partial charge in [-0.3, -0.25) is 0 Å². The molecule has 0 aliphatic heterocycles. The molecule has 0 aliphatic carbocycles. The molecule has 0 saturated heterocycles. The monoisotopic (exact) mass is 548 g/mol. The first-order chi connectivity index (χ1) is 18.7. The van der Waals surface area contributed by atoms with Crippen LogP contribution in [0.15, 0.2) is 91.0 Å². The maximum absolute atomic E-state index is 11.9. The molecule has 0 heterocycles. The lowest BCUT2D eigenvalue weighted by Gasteiger charge is -2.39. The second kappa shape index (κ2) is 15.2. The Morgan fingerprint density at radius 3 is 1.49 bits per heavy atom. The standard InChI is InChI=1S/C33H44O5Si/c1-33(2,3)39(4,5)38-26-31(36-24-28-17-11-7-12-18-28)32(37-25-29-19-13-8-14-20-29)30(21-22-34)35-23-27-15-9-6-10-16-27/h6-20,22,30-32H,21,23-26H2,1-5H3/t30-,31+,32+/m0/s1. The van der Waals surface area contributed by atoms with Gasteiger partial charge in [-0.1, -0.05) is 112 Å².